The molecule has 1 fully saturated rings. The van der Waals surface area contributed by atoms with Crippen LogP contribution in [0.3, 0.4) is 0 Å². The molecule has 2 nitrogen and oxygen atoms in total. The molecule has 2 aliphatic rings. The van der Waals surface area contributed by atoms with Gasteiger partial charge in [0.15, 0.2) is 0 Å². The summed E-state index contributed by atoms with van der Waals surface area (Å²) in [6.45, 7) is 3.11. The average molecular weight is 208 g/mol. The first-order valence-corrected chi connectivity index (χ1v) is 6.43. The van der Waals surface area contributed by atoms with E-state index in [1.807, 2.05) is 0 Å². The van der Waals surface area contributed by atoms with Crippen LogP contribution in [0.2, 0.25) is 0 Å². The Balaban J connectivity index is 2.00. The molecule has 2 atom stereocenters. The first kappa shape index (κ1) is 11.2. The zero-order valence-electron chi connectivity index (χ0n) is 9.84. The molecule has 0 radical (unpaired) electrons. The highest BCUT2D eigenvalue weighted by molar-refractivity contribution is 5.06. The summed E-state index contributed by atoms with van der Waals surface area (Å²) < 4.78 is 0. The van der Waals surface area contributed by atoms with Crippen LogP contribution in [-0.2, 0) is 0 Å². The SMILES string of the molecule is CCC1CCCC1(CN)NC1CC=CC1. The molecule has 0 bridgehead atoms. The van der Waals surface area contributed by atoms with Crippen LogP contribution in [-0.4, -0.2) is 18.1 Å². The second-order valence-corrected chi connectivity index (χ2v) is 5.14. The summed E-state index contributed by atoms with van der Waals surface area (Å²) in [6, 6.07) is 0.653. The predicted molar refractivity (Wildman–Crippen MR) is 64.7 cm³/mol. The van der Waals surface area contributed by atoms with Crippen LogP contribution < -0.4 is 11.1 Å². The lowest BCUT2D eigenvalue weighted by Gasteiger charge is -2.38. The fraction of sp³-hybridized carbons (Fsp3) is 0.846. The van der Waals surface area contributed by atoms with Crippen LogP contribution in [0, 0.1) is 5.92 Å². The Morgan fingerprint density at radius 3 is 2.73 bits per heavy atom. The van der Waals surface area contributed by atoms with Gasteiger partial charge in [-0.3, -0.25) is 0 Å². The average Bonchev–Trinajstić information content (AvgIpc) is 2.88. The zero-order valence-corrected chi connectivity index (χ0v) is 9.84. The monoisotopic (exact) mass is 208 g/mol. The molecule has 0 aromatic rings. The summed E-state index contributed by atoms with van der Waals surface area (Å²) in [4.78, 5) is 0. The van der Waals surface area contributed by atoms with Crippen LogP contribution in [0.25, 0.3) is 0 Å². The number of nitrogens with two attached hydrogens (primary N) is 1. The van der Waals surface area contributed by atoms with Crippen molar-refractivity contribution < 1.29 is 0 Å². The highest BCUT2D eigenvalue weighted by atomic mass is 15.0. The van der Waals surface area contributed by atoms with Crippen LogP contribution in [0.1, 0.15) is 45.4 Å². The molecular formula is C13H24N2. The van der Waals surface area contributed by atoms with E-state index in [0.29, 0.717) is 6.04 Å². The minimum absolute atomic E-state index is 0.255. The van der Waals surface area contributed by atoms with E-state index >= 15 is 0 Å². The molecule has 0 aromatic heterocycles. The Bertz CT molecular complexity index is 229. The largest absolute Gasteiger partial charge is 0.329 e. The Hall–Kier alpha value is -0.340. The molecule has 2 rings (SSSR count). The summed E-state index contributed by atoms with van der Waals surface area (Å²) in [7, 11) is 0. The summed E-state index contributed by atoms with van der Waals surface area (Å²) in [6.07, 6.45) is 12.2. The smallest absolute Gasteiger partial charge is 0.0334 e. The topological polar surface area (TPSA) is 38.0 Å². The summed E-state index contributed by atoms with van der Waals surface area (Å²) in [5.74, 6) is 0.795. The molecule has 0 heterocycles. The summed E-state index contributed by atoms with van der Waals surface area (Å²) in [5, 5.41) is 3.85. The van der Waals surface area contributed by atoms with Gasteiger partial charge < -0.3 is 11.1 Å². The minimum Gasteiger partial charge on any atom is -0.329 e. The van der Waals surface area contributed by atoms with Gasteiger partial charge in [-0.2, -0.15) is 0 Å². The van der Waals surface area contributed by atoms with Crippen molar-refractivity contribution in [2.24, 2.45) is 11.7 Å². The van der Waals surface area contributed by atoms with Crippen LogP contribution in [0.5, 0.6) is 0 Å². The lowest BCUT2D eigenvalue weighted by Crippen LogP contribution is -2.56. The third-order valence-electron chi connectivity index (χ3n) is 4.31. The molecule has 0 saturated heterocycles. The first-order valence-electron chi connectivity index (χ1n) is 6.43. The van der Waals surface area contributed by atoms with Crippen molar-refractivity contribution in [3.8, 4) is 0 Å². The minimum atomic E-state index is 0.255. The van der Waals surface area contributed by atoms with E-state index < -0.39 is 0 Å². The molecule has 0 aliphatic heterocycles. The Morgan fingerprint density at radius 2 is 2.13 bits per heavy atom. The maximum atomic E-state index is 6.03. The van der Waals surface area contributed by atoms with Crippen molar-refractivity contribution in [3.63, 3.8) is 0 Å². The number of rotatable bonds is 4. The maximum absolute atomic E-state index is 6.03. The van der Waals surface area contributed by atoms with Gasteiger partial charge >= 0.3 is 0 Å². The molecule has 2 heteroatoms. The number of hydrogen-bond donors (Lipinski definition) is 2. The molecule has 0 amide bonds. The molecule has 3 N–H and O–H groups in total. The summed E-state index contributed by atoms with van der Waals surface area (Å²) in [5.41, 5.74) is 6.29. The summed E-state index contributed by atoms with van der Waals surface area (Å²) >= 11 is 0. The molecular weight excluding hydrogens is 184 g/mol. The van der Waals surface area contributed by atoms with Crippen molar-refractivity contribution in [2.45, 2.75) is 57.0 Å². The van der Waals surface area contributed by atoms with Crippen LogP contribution in [0.4, 0.5) is 0 Å². The van der Waals surface area contributed by atoms with Crippen molar-refractivity contribution in [3.05, 3.63) is 12.2 Å². The quantitative estimate of drug-likeness (QED) is 0.695. The molecule has 0 spiro atoms. The van der Waals surface area contributed by atoms with E-state index in [1.54, 1.807) is 0 Å². The first-order chi connectivity index (χ1) is 7.30. The van der Waals surface area contributed by atoms with Gasteiger partial charge in [0, 0.05) is 18.1 Å². The van der Waals surface area contributed by atoms with Crippen LogP contribution >= 0.6 is 0 Å². The van der Waals surface area contributed by atoms with Gasteiger partial charge in [-0.15, -0.1) is 0 Å². The molecule has 2 aliphatic carbocycles. The van der Waals surface area contributed by atoms with E-state index in [4.69, 9.17) is 5.73 Å². The second-order valence-electron chi connectivity index (χ2n) is 5.14. The standard InChI is InChI=1S/C13H24N2/c1-2-11-6-5-9-13(11,10-14)15-12-7-3-4-8-12/h3-4,11-12,15H,2,5-10,14H2,1H3. The highest BCUT2D eigenvalue weighted by Crippen LogP contribution is 2.38. The fourth-order valence-corrected chi connectivity index (χ4v) is 3.40. The normalized spacial score (nSPS) is 36.5. The van der Waals surface area contributed by atoms with Gasteiger partial charge in [-0.05, 0) is 31.6 Å². The van der Waals surface area contributed by atoms with Crippen LogP contribution in [0.15, 0.2) is 12.2 Å². The van der Waals surface area contributed by atoms with Crippen molar-refractivity contribution in [2.75, 3.05) is 6.54 Å². The van der Waals surface area contributed by atoms with E-state index in [-0.39, 0.29) is 5.54 Å². The van der Waals surface area contributed by atoms with Gasteiger partial charge in [0.2, 0.25) is 0 Å². The zero-order chi connectivity index (χ0) is 10.7. The Labute approximate surface area is 93.3 Å². The molecule has 86 valence electrons. The fourth-order valence-electron chi connectivity index (χ4n) is 3.40. The Morgan fingerprint density at radius 1 is 1.40 bits per heavy atom. The number of nitrogens with one attached hydrogen (secondary N) is 1. The van der Waals surface area contributed by atoms with Gasteiger partial charge in [0.05, 0.1) is 0 Å². The van der Waals surface area contributed by atoms with Gasteiger partial charge in [0.25, 0.3) is 0 Å². The second kappa shape index (κ2) is 4.67. The maximum Gasteiger partial charge on any atom is 0.0334 e. The van der Waals surface area contributed by atoms with Crippen molar-refractivity contribution >= 4 is 0 Å². The highest BCUT2D eigenvalue weighted by Gasteiger charge is 2.41. The van der Waals surface area contributed by atoms with Gasteiger partial charge in [-0.1, -0.05) is 31.9 Å². The van der Waals surface area contributed by atoms with E-state index in [1.165, 1.54) is 38.5 Å². The molecule has 2 unspecified atom stereocenters. The molecule has 1 saturated carbocycles. The molecule has 15 heavy (non-hydrogen) atoms. The van der Waals surface area contributed by atoms with Crippen molar-refractivity contribution in [1.29, 1.82) is 0 Å². The molecule has 0 aromatic carbocycles. The van der Waals surface area contributed by atoms with E-state index in [9.17, 15) is 0 Å². The van der Waals surface area contributed by atoms with Crippen molar-refractivity contribution in [1.82, 2.24) is 5.32 Å². The third-order valence-corrected chi connectivity index (χ3v) is 4.31. The third kappa shape index (κ3) is 2.11. The van der Waals surface area contributed by atoms with Gasteiger partial charge in [-0.25, -0.2) is 0 Å². The van der Waals surface area contributed by atoms with E-state index in [0.717, 1.165) is 12.5 Å². The van der Waals surface area contributed by atoms with E-state index in [2.05, 4.69) is 24.4 Å². The Kier molecular flexibility index (Phi) is 3.47. The predicted octanol–water partition coefficient (Wildman–Crippen LogP) is 2.20. The number of hydrogen-bond acceptors (Lipinski definition) is 2. The lowest BCUT2D eigenvalue weighted by atomic mass is 9.84. The lowest BCUT2D eigenvalue weighted by molar-refractivity contribution is 0.220. The van der Waals surface area contributed by atoms with Gasteiger partial charge in [0.1, 0.15) is 0 Å².